The van der Waals surface area contributed by atoms with Gasteiger partial charge in [0.25, 0.3) is 5.91 Å². The van der Waals surface area contributed by atoms with Crippen molar-refractivity contribution in [2.45, 2.75) is 31.9 Å². The molecular weight excluding hydrogens is 330 g/mol. The smallest absolute Gasteiger partial charge is 0.387 e. The van der Waals surface area contributed by atoms with Gasteiger partial charge in [0.05, 0.1) is 6.61 Å². The highest BCUT2D eigenvalue weighted by Crippen LogP contribution is 2.19. The van der Waals surface area contributed by atoms with Crippen LogP contribution in [0.4, 0.5) is 8.78 Å². The van der Waals surface area contributed by atoms with Gasteiger partial charge >= 0.3 is 6.61 Å². The number of nitrogens with one attached hydrogen (secondary N) is 1. The fraction of sp³-hybridized carbons (Fsp3) is 0.611. The molecule has 2 aliphatic heterocycles. The van der Waals surface area contributed by atoms with Gasteiger partial charge in [-0.05, 0) is 49.4 Å². The molecule has 138 valence electrons. The van der Waals surface area contributed by atoms with Crippen molar-refractivity contribution in [3.63, 3.8) is 0 Å². The Kier molecular flexibility index (Phi) is 6.20. The Morgan fingerprint density at radius 3 is 2.56 bits per heavy atom. The monoisotopic (exact) mass is 354 g/mol. The maximum atomic E-state index is 12.3. The molecule has 2 heterocycles. The standard InChI is InChI=1S/C18H24F2N2O3/c19-18(20)25-16-3-1-14(2-4-16)17(23)21-15-5-8-22(9-6-15)11-13-7-10-24-12-13/h1-4,13,15,18H,5-12H2,(H,21,23). The van der Waals surface area contributed by atoms with Crippen LogP contribution in [-0.4, -0.2) is 56.3 Å². The number of hydrogen-bond acceptors (Lipinski definition) is 4. The van der Waals surface area contributed by atoms with Gasteiger partial charge < -0.3 is 19.7 Å². The van der Waals surface area contributed by atoms with Crippen LogP contribution in [0.2, 0.25) is 0 Å². The van der Waals surface area contributed by atoms with Crippen molar-refractivity contribution in [3.8, 4) is 5.75 Å². The molecule has 1 atom stereocenters. The Bertz CT molecular complexity index is 554. The predicted molar refractivity (Wildman–Crippen MR) is 88.9 cm³/mol. The summed E-state index contributed by atoms with van der Waals surface area (Å²) in [7, 11) is 0. The fourth-order valence-corrected chi connectivity index (χ4v) is 3.41. The van der Waals surface area contributed by atoms with Gasteiger partial charge in [-0.3, -0.25) is 4.79 Å². The van der Waals surface area contributed by atoms with Crippen LogP contribution in [0.3, 0.4) is 0 Å². The first-order valence-electron chi connectivity index (χ1n) is 8.76. The molecule has 1 aromatic rings. The summed E-state index contributed by atoms with van der Waals surface area (Å²) in [6.07, 6.45) is 2.99. The van der Waals surface area contributed by atoms with Gasteiger partial charge in [-0.2, -0.15) is 8.78 Å². The summed E-state index contributed by atoms with van der Waals surface area (Å²) in [5.41, 5.74) is 0.451. The lowest BCUT2D eigenvalue weighted by Crippen LogP contribution is -2.45. The molecule has 1 unspecified atom stereocenters. The Morgan fingerprint density at radius 2 is 1.96 bits per heavy atom. The fourth-order valence-electron chi connectivity index (χ4n) is 3.41. The predicted octanol–water partition coefficient (Wildman–Crippen LogP) is 2.52. The maximum Gasteiger partial charge on any atom is 0.387 e. The number of alkyl halides is 2. The Labute approximate surface area is 146 Å². The number of likely N-dealkylation sites (tertiary alicyclic amines) is 1. The molecule has 0 aliphatic carbocycles. The summed E-state index contributed by atoms with van der Waals surface area (Å²) in [6.45, 7) is 1.90. The lowest BCUT2D eigenvalue weighted by Gasteiger charge is -2.33. The molecule has 0 radical (unpaired) electrons. The van der Waals surface area contributed by atoms with Gasteiger partial charge in [-0.1, -0.05) is 0 Å². The van der Waals surface area contributed by atoms with Gasteiger partial charge in [0.1, 0.15) is 5.75 Å². The Hall–Kier alpha value is -1.73. The third kappa shape index (κ3) is 5.37. The van der Waals surface area contributed by atoms with Crippen LogP contribution < -0.4 is 10.1 Å². The number of carbonyl (C=O) groups is 1. The molecule has 0 saturated carbocycles. The number of ether oxygens (including phenoxy) is 2. The summed E-state index contributed by atoms with van der Waals surface area (Å²) < 4.78 is 34.0. The lowest BCUT2D eigenvalue weighted by atomic mass is 10.0. The van der Waals surface area contributed by atoms with Gasteiger partial charge in [-0.25, -0.2) is 0 Å². The maximum absolute atomic E-state index is 12.3. The first-order valence-corrected chi connectivity index (χ1v) is 8.76. The van der Waals surface area contributed by atoms with Crippen LogP contribution in [0.5, 0.6) is 5.75 Å². The molecule has 2 saturated heterocycles. The zero-order chi connectivity index (χ0) is 17.6. The van der Waals surface area contributed by atoms with E-state index in [2.05, 4.69) is 15.0 Å². The van der Waals surface area contributed by atoms with Crippen molar-refractivity contribution in [2.75, 3.05) is 32.8 Å². The van der Waals surface area contributed by atoms with Crippen molar-refractivity contribution >= 4 is 5.91 Å². The zero-order valence-electron chi connectivity index (χ0n) is 14.1. The second-order valence-corrected chi connectivity index (χ2v) is 6.68. The second kappa shape index (κ2) is 8.58. The second-order valence-electron chi connectivity index (χ2n) is 6.68. The number of amides is 1. The normalized spacial score (nSPS) is 22.3. The van der Waals surface area contributed by atoms with Crippen molar-refractivity contribution in [2.24, 2.45) is 5.92 Å². The zero-order valence-corrected chi connectivity index (χ0v) is 14.1. The van der Waals surface area contributed by atoms with Crippen LogP contribution in [0.1, 0.15) is 29.6 Å². The Balaban J connectivity index is 1.42. The molecule has 3 rings (SSSR count). The van der Waals surface area contributed by atoms with Crippen LogP contribution in [0.15, 0.2) is 24.3 Å². The number of piperidine rings is 1. The highest BCUT2D eigenvalue weighted by Gasteiger charge is 2.24. The van der Waals surface area contributed by atoms with Crippen molar-refractivity contribution in [1.82, 2.24) is 10.2 Å². The minimum atomic E-state index is -2.86. The molecule has 5 nitrogen and oxygen atoms in total. The molecule has 0 bridgehead atoms. The van der Waals surface area contributed by atoms with Crippen LogP contribution >= 0.6 is 0 Å². The lowest BCUT2D eigenvalue weighted by molar-refractivity contribution is -0.0498. The van der Waals surface area contributed by atoms with Crippen LogP contribution in [-0.2, 0) is 4.74 Å². The molecule has 0 spiro atoms. The van der Waals surface area contributed by atoms with E-state index < -0.39 is 6.61 Å². The highest BCUT2D eigenvalue weighted by atomic mass is 19.3. The minimum Gasteiger partial charge on any atom is -0.435 e. The van der Waals surface area contributed by atoms with E-state index in [0.29, 0.717) is 11.5 Å². The van der Waals surface area contributed by atoms with Gasteiger partial charge in [-0.15, -0.1) is 0 Å². The number of rotatable bonds is 6. The van der Waals surface area contributed by atoms with E-state index in [1.165, 1.54) is 24.3 Å². The number of benzene rings is 1. The summed E-state index contributed by atoms with van der Waals surface area (Å²) in [5, 5.41) is 3.03. The van der Waals surface area contributed by atoms with E-state index in [1.807, 2.05) is 0 Å². The van der Waals surface area contributed by atoms with Crippen LogP contribution in [0.25, 0.3) is 0 Å². The molecule has 1 N–H and O–H groups in total. The average molecular weight is 354 g/mol. The average Bonchev–Trinajstić information content (AvgIpc) is 3.10. The van der Waals surface area contributed by atoms with E-state index in [0.717, 1.165) is 52.1 Å². The van der Waals surface area contributed by atoms with Gasteiger partial charge in [0.15, 0.2) is 0 Å². The van der Waals surface area contributed by atoms with E-state index in [4.69, 9.17) is 4.74 Å². The van der Waals surface area contributed by atoms with Crippen LogP contribution in [0, 0.1) is 5.92 Å². The summed E-state index contributed by atoms with van der Waals surface area (Å²) in [5.74, 6) is 0.516. The van der Waals surface area contributed by atoms with E-state index >= 15 is 0 Å². The molecule has 25 heavy (non-hydrogen) atoms. The molecule has 1 amide bonds. The number of carbonyl (C=O) groups excluding carboxylic acids is 1. The number of nitrogens with zero attached hydrogens (tertiary/aromatic N) is 1. The van der Waals surface area contributed by atoms with E-state index in [-0.39, 0.29) is 17.7 Å². The molecule has 7 heteroatoms. The molecular formula is C18H24F2N2O3. The first-order chi connectivity index (χ1) is 12.1. The van der Waals surface area contributed by atoms with E-state index in [9.17, 15) is 13.6 Å². The minimum absolute atomic E-state index is 0.0516. The van der Waals surface area contributed by atoms with Crippen molar-refractivity contribution in [1.29, 1.82) is 0 Å². The van der Waals surface area contributed by atoms with Crippen molar-refractivity contribution < 1.29 is 23.0 Å². The topological polar surface area (TPSA) is 50.8 Å². The quantitative estimate of drug-likeness (QED) is 0.853. The first kappa shape index (κ1) is 18.1. The highest BCUT2D eigenvalue weighted by molar-refractivity contribution is 5.94. The molecule has 2 aliphatic rings. The molecule has 1 aromatic carbocycles. The third-order valence-corrected chi connectivity index (χ3v) is 4.80. The molecule has 0 aromatic heterocycles. The summed E-state index contributed by atoms with van der Waals surface area (Å²) >= 11 is 0. The SMILES string of the molecule is O=C(NC1CCN(CC2CCOC2)CC1)c1ccc(OC(F)F)cc1. The summed E-state index contributed by atoms with van der Waals surface area (Å²) in [4.78, 5) is 14.7. The Morgan fingerprint density at radius 1 is 1.24 bits per heavy atom. The molecule has 2 fully saturated rings. The van der Waals surface area contributed by atoms with Gasteiger partial charge in [0.2, 0.25) is 0 Å². The number of hydrogen-bond donors (Lipinski definition) is 1. The number of halogens is 2. The van der Waals surface area contributed by atoms with Crippen molar-refractivity contribution in [3.05, 3.63) is 29.8 Å². The summed E-state index contributed by atoms with van der Waals surface area (Å²) in [6, 6.07) is 5.92. The third-order valence-electron chi connectivity index (χ3n) is 4.80. The van der Waals surface area contributed by atoms with Gasteiger partial charge in [0, 0.05) is 37.8 Å². The largest absolute Gasteiger partial charge is 0.435 e. The van der Waals surface area contributed by atoms with E-state index in [1.54, 1.807) is 0 Å².